The summed E-state index contributed by atoms with van der Waals surface area (Å²) < 4.78 is 61.7. The summed E-state index contributed by atoms with van der Waals surface area (Å²) >= 11 is 0. The Morgan fingerprint density at radius 2 is 1.72 bits per heavy atom. The number of halogens is 3. The van der Waals surface area contributed by atoms with E-state index in [2.05, 4.69) is 10.3 Å². The monoisotopic (exact) mass is 462 g/mol. The van der Waals surface area contributed by atoms with Gasteiger partial charge in [0.1, 0.15) is 0 Å². The number of benzene rings is 2. The number of alkyl halides is 3. The first-order valence-corrected chi connectivity index (χ1v) is 10.7. The Balaban J connectivity index is 1.85. The van der Waals surface area contributed by atoms with Gasteiger partial charge in [-0.05, 0) is 42.3 Å². The number of Topliss-reactive ketones (excluding diaryl/α,β-unsaturated/α-hetero) is 1. The van der Waals surface area contributed by atoms with Crippen molar-refractivity contribution in [1.29, 1.82) is 0 Å². The summed E-state index contributed by atoms with van der Waals surface area (Å²) in [5, 5.41) is 2.62. The van der Waals surface area contributed by atoms with Gasteiger partial charge in [0, 0.05) is 23.7 Å². The molecule has 0 aliphatic rings. The van der Waals surface area contributed by atoms with Crippen molar-refractivity contribution in [3.05, 3.63) is 89.2 Å². The standard InChI is InChI=1S/C22H17F3N2O4S/c1-14-5-2-3-8-17(14)21(29)27-19-13-26-10-9-18(19)20(28)12-15-6-4-7-16(11-15)32(30,31)22(23,24)25/h2-11,13H,12H2,1H3,(H,27,29). The van der Waals surface area contributed by atoms with E-state index in [1.165, 1.54) is 24.5 Å². The number of amides is 1. The molecule has 0 aliphatic carbocycles. The maximum atomic E-state index is 12.8. The second-order valence-corrected chi connectivity index (χ2v) is 8.83. The lowest BCUT2D eigenvalue weighted by atomic mass is 10.0. The van der Waals surface area contributed by atoms with Gasteiger partial charge in [0.05, 0.1) is 16.8 Å². The van der Waals surface area contributed by atoms with E-state index >= 15 is 0 Å². The number of anilines is 1. The molecule has 166 valence electrons. The van der Waals surface area contributed by atoms with Crippen molar-refractivity contribution in [3.8, 4) is 0 Å². The van der Waals surface area contributed by atoms with E-state index in [-0.39, 0.29) is 23.2 Å². The first-order valence-electron chi connectivity index (χ1n) is 9.25. The molecule has 3 aromatic rings. The SMILES string of the molecule is Cc1ccccc1C(=O)Nc1cnccc1C(=O)Cc1cccc(S(=O)(=O)C(F)(F)F)c1. The predicted octanol–water partition coefficient (Wildman–Crippen LogP) is 4.36. The van der Waals surface area contributed by atoms with Crippen molar-refractivity contribution in [2.24, 2.45) is 0 Å². The number of carbonyl (C=O) groups is 2. The summed E-state index contributed by atoms with van der Waals surface area (Å²) in [5.74, 6) is -0.988. The minimum Gasteiger partial charge on any atom is -0.320 e. The highest BCUT2D eigenvalue weighted by Crippen LogP contribution is 2.30. The molecule has 32 heavy (non-hydrogen) atoms. The van der Waals surface area contributed by atoms with Crippen LogP contribution in [0, 0.1) is 6.92 Å². The third-order valence-corrected chi connectivity index (χ3v) is 6.12. The summed E-state index contributed by atoms with van der Waals surface area (Å²) in [4.78, 5) is 28.4. The van der Waals surface area contributed by atoms with E-state index in [0.717, 1.165) is 23.8 Å². The van der Waals surface area contributed by atoms with Crippen molar-refractivity contribution < 1.29 is 31.2 Å². The highest BCUT2D eigenvalue weighted by Gasteiger charge is 2.46. The third kappa shape index (κ3) is 4.86. The van der Waals surface area contributed by atoms with Crippen LogP contribution in [0.15, 0.2) is 71.9 Å². The number of pyridine rings is 1. The minimum absolute atomic E-state index is 0.0771. The molecule has 1 aromatic heterocycles. The fraction of sp³-hybridized carbons (Fsp3) is 0.136. The van der Waals surface area contributed by atoms with Crippen LogP contribution in [0.5, 0.6) is 0 Å². The zero-order chi connectivity index (χ0) is 23.5. The van der Waals surface area contributed by atoms with Crippen LogP contribution in [0.4, 0.5) is 18.9 Å². The first-order chi connectivity index (χ1) is 15.0. The van der Waals surface area contributed by atoms with Crippen LogP contribution in [0.1, 0.15) is 31.8 Å². The van der Waals surface area contributed by atoms with Gasteiger partial charge in [-0.1, -0.05) is 30.3 Å². The van der Waals surface area contributed by atoms with Crippen molar-refractivity contribution in [2.75, 3.05) is 5.32 Å². The summed E-state index contributed by atoms with van der Waals surface area (Å²) in [5.41, 5.74) is -4.03. The number of carbonyl (C=O) groups excluding carboxylic acids is 2. The molecule has 2 aromatic carbocycles. The van der Waals surface area contributed by atoms with Gasteiger partial charge in [-0.2, -0.15) is 13.2 Å². The van der Waals surface area contributed by atoms with Gasteiger partial charge < -0.3 is 5.32 Å². The van der Waals surface area contributed by atoms with Gasteiger partial charge in [0.25, 0.3) is 15.7 Å². The maximum absolute atomic E-state index is 12.8. The smallest absolute Gasteiger partial charge is 0.320 e. The Labute approximate surface area is 182 Å². The Hall–Kier alpha value is -3.53. The molecule has 0 atom stereocenters. The first kappa shape index (κ1) is 23.1. The number of ketones is 1. The van der Waals surface area contributed by atoms with Crippen LogP contribution in [-0.2, 0) is 16.3 Å². The average molecular weight is 462 g/mol. The van der Waals surface area contributed by atoms with Crippen LogP contribution >= 0.6 is 0 Å². The summed E-state index contributed by atoms with van der Waals surface area (Å²) in [6.45, 7) is 1.76. The van der Waals surface area contributed by atoms with Gasteiger partial charge in [-0.3, -0.25) is 14.6 Å². The quantitative estimate of drug-likeness (QED) is 0.550. The van der Waals surface area contributed by atoms with Gasteiger partial charge >= 0.3 is 5.51 Å². The van der Waals surface area contributed by atoms with E-state index < -0.39 is 31.9 Å². The van der Waals surface area contributed by atoms with E-state index in [4.69, 9.17) is 0 Å². The highest BCUT2D eigenvalue weighted by atomic mass is 32.2. The maximum Gasteiger partial charge on any atom is 0.501 e. The van der Waals surface area contributed by atoms with Gasteiger partial charge in [0.2, 0.25) is 0 Å². The number of hydrogen-bond acceptors (Lipinski definition) is 5. The molecular formula is C22H17F3N2O4S. The molecule has 0 spiro atoms. The van der Waals surface area contributed by atoms with Gasteiger partial charge in [-0.15, -0.1) is 0 Å². The third-order valence-electron chi connectivity index (χ3n) is 4.64. The lowest BCUT2D eigenvalue weighted by molar-refractivity contribution is -0.0436. The second-order valence-electron chi connectivity index (χ2n) is 6.89. The van der Waals surface area contributed by atoms with Gasteiger partial charge in [-0.25, -0.2) is 8.42 Å². The molecular weight excluding hydrogens is 445 g/mol. The predicted molar refractivity (Wildman–Crippen MR) is 111 cm³/mol. The number of aryl methyl sites for hydroxylation is 1. The number of sulfone groups is 1. The van der Waals surface area contributed by atoms with Crippen LogP contribution in [0.3, 0.4) is 0 Å². The zero-order valence-corrected chi connectivity index (χ0v) is 17.5. The second kappa shape index (κ2) is 8.91. The molecule has 1 N–H and O–H groups in total. The molecule has 3 rings (SSSR count). The normalized spacial score (nSPS) is 11.8. The lowest BCUT2D eigenvalue weighted by Crippen LogP contribution is -2.23. The Kier molecular flexibility index (Phi) is 6.45. The van der Waals surface area contributed by atoms with Crippen LogP contribution in [0.2, 0.25) is 0 Å². The van der Waals surface area contributed by atoms with Gasteiger partial charge in [0.15, 0.2) is 5.78 Å². The topological polar surface area (TPSA) is 93.2 Å². The lowest BCUT2D eigenvalue weighted by Gasteiger charge is -2.12. The highest BCUT2D eigenvalue weighted by molar-refractivity contribution is 7.92. The fourth-order valence-electron chi connectivity index (χ4n) is 2.99. The van der Waals surface area contributed by atoms with Crippen molar-refractivity contribution >= 4 is 27.2 Å². The summed E-state index contributed by atoms with van der Waals surface area (Å²) in [7, 11) is -5.54. The molecule has 0 bridgehead atoms. The molecule has 1 heterocycles. The Morgan fingerprint density at radius 3 is 2.41 bits per heavy atom. The number of hydrogen-bond donors (Lipinski definition) is 1. The van der Waals surface area contributed by atoms with Crippen LogP contribution in [0.25, 0.3) is 0 Å². The van der Waals surface area contributed by atoms with Crippen LogP contribution in [-0.4, -0.2) is 30.6 Å². The molecule has 0 radical (unpaired) electrons. The van der Waals surface area contributed by atoms with E-state index in [1.54, 1.807) is 31.2 Å². The average Bonchev–Trinajstić information content (AvgIpc) is 2.73. The molecule has 0 saturated heterocycles. The zero-order valence-electron chi connectivity index (χ0n) is 16.7. The van der Waals surface area contributed by atoms with Crippen molar-refractivity contribution in [1.82, 2.24) is 4.98 Å². The van der Waals surface area contributed by atoms with Crippen molar-refractivity contribution in [3.63, 3.8) is 0 Å². The fourth-order valence-corrected chi connectivity index (χ4v) is 3.82. The number of aromatic nitrogens is 1. The molecule has 0 saturated carbocycles. The van der Waals surface area contributed by atoms with Crippen LogP contribution < -0.4 is 5.32 Å². The molecule has 10 heteroatoms. The number of nitrogens with one attached hydrogen (secondary N) is 1. The van der Waals surface area contributed by atoms with E-state index in [9.17, 15) is 31.2 Å². The van der Waals surface area contributed by atoms with E-state index in [1.807, 2.05) is 0 Å². The Morgan fingerprint density at radius 1 is 1.00 bits per heavy atom. The molecule has 0 unspecified atom stereocenters. The number of nitrogens with zero attached hydrogens (tertiary/aromatic N) is 1. The molecule has 0 aliphatic heterocycles. The van der Waals surface area contributed by atoms with Crippen molar-refractivity contribution in [2.45, 2.75) is 23.7 Å². The largest absolute Gasteiger partial charge is 0.501 e. The van der Waals surface area contributed by atoms with E-state index in [0.29, 0.717) is 5.56 Å². The molecule has 1 amide bonds. The molecule has 0 fully saturated rings. The molecule has 6 nitrogen and oxygen atoms in total. The minimum atomic E-state index is -5.54. The summed E-state index contributed by atoms with van der Waals surface area (Å²) in [6, 6.07) is 12.3. The summed E-state index contributed by atoms with van der Waals surface area (Å²) in [6.07, 6.45) is 2.24. The Bertz CT molecular complexity index is 1290. The number of rotatable bonds is 6.